The van der Waals surface area contributed by atoms with Crippen molar-refractivity contribution < 1.29 is 9.84 Å². The van der Waals surface area contributed by atoms with Crippen LogP contribution in [0, 0.1) is 6.92 Å². The predicted molar refractivity (Wildman–Crippen MR) is 94.4 cm³/mol. The SMILES string of the molecule is Cc1ccc2ccc(Oc3ccc4ccc(O)cc4c3)cc2c1. The molecule has 0 unspecified atom stereocenters. The Kier molecular flexibility index (Phi) is 3.16. The third-order valence-corrected chi connectivity index (χ3v) is 4.00. The maximum atomic E-state index is 9.61. The summed E-state index contributed by atoms with van der Waals surface area (Å²) in [5.74, 6) is 1.83. The van der Waals surface area contributed by atoms with Crippen molar-refractivity contribution >= 4 is 21.5 Å². The van der Waals surface area contributed by atoms with Crippen LogP contribution in [0.25, 0.3) is 21.5 Å². The summed E-state index contributed by atoms with van der Waals surface area (Å²) >= 11 is 0. The monoisotopic (exact) mass is 300 g/mol. The number of phenolic OH excluding ortho intramolecular Hbond substituents is 1. The largest absolute Gasteiger partial charge is 0.508 e. The van der Waals surface area contributed by atoms with Crippen molar-refractivity contribution in [3.05, 3.63) is 78.4 Å². The number of fused-ring (bicyclic) bond motifs is 2. The average molecular weight is 300 g/mol. The van der Waals surface area contributed by atoms with Crippen molar-refractivity contribution in [1.29, 1.82) is 0 Å². The molecule has 0 aromatic heterocycles. The van der Waals surface area contributed by atoms with E-state index in [4.69, 9.17) is 4.74 Å². The standard InChI is InChI=1S/C21H16O2/c1-14-2-3-15-5-8-20(12-17(15)10-14)23-21-9-6-16-4-7-19(22)11-18(16)13-21/h2-13,22H,1H3. The highest BCUT2D eigenvalue weighted by Crippen LogP contribution is 2.29. The molecule has 0 bridgehead atoms. The predicted octanol–water partition coefficient (Wildman–Crippen LogP) is 5.80. The van der Waals surface area contributed by atoms with Crippen LogP contribution in [0.3, 0.4) is 0 Å². The lowest BCUT2D eigenvalue weighted by Crippen LogP contribution is -1.85. The van der Waals surface area contributed by atoms with Gasteiger partial charge in [-0.25, -0.2) is 0 Å². The van der Waals surface area contributed by atoms with Gasteiger partial charge in [0, 0.05) is 0 Å². The summed E-state index contributed by atoms with van der Waals surface area (Å²) in [4.78, 5) is 0. The van der Waals surface area contributed by atoms with Crippen molar-refractivity contribution in [2.24, 2.45) is 0 Å². The van der Waals surface area contributed by atoms with Gasteiger partial charge in [-0.15, -0.1) is 0 Å². The lowest BCUT2D eigenvalue weighted by molar-refractivity contribution is 0.476. The zero-order chi connectivity index (χ0) is 15.8. The van der Waals surface area contributed by atoms with Crippen LogP contribution in [0.15, 0.2) is 72.8 Å². The molecule has 4 aromatic rings. The quantitative estimate of drug-likeness (QED) is 0.507. The molecule has 0 aliphatic heterocycles. The van der Waals surface area contributed by atoms with Gasteiger partial charge in [0.1, 0.15) is 17.2 Å². The number of aromatic hydroxyl groups is 1. The first-order valence-electron chi connectivity index (χ1n) is 7.58. The summed E-state index contributed by atoms with van der Waals surface area (Å²) in [6.07, 6.45) is 0. The summed E-state index contributed by atoms with van der Waals surface area (Å²) in [7, 11) is 0. The summed E-state index contributed by atoms with van der Waals surface area (Å²) in [5, 5.41) is 14.0. The Bertz CT molecular complexity index is 935. The zero-order valence-electron chi connectivity index (χ0n) is 12.8. The second-order valence-electron chi connectivity index (χ2n) is 5.81. The second-order valence-corrected chi connectivity index (χ2v) is 5.81. The molecule has 0 fully saturated rings. The van der Waals surface area contributed by atoms with Crippen LogP contribution in [-0.4, -0.2) is 5.11 Å². The van der Waals surface area contributed by atoms with Gasteiger partial charge in [-0.3, -0.25) is 0 Å². The highest BCUT2D eigenvalue weighted by molar-refractivity contribution is 5.86. The first-order chi connectivity index (χ1) is 11.2. The van der Waals surface area contributed by atoms with E-state index in [-0.39, 0.29) is 5.75 Å². The average Bonchev–Trinajstić information content (AvgIpc) is 2.54. The van der Waals surface area contributed by atoms with Gasteiger partial charge in [-0.05, 0) is 64.9 Å². The number of phenols is 1. The van der Waals surface area contributed by atoms with Gasteiger partial charge in [0.05, 0.1) is 0 Å². The maximum absolute atomic E-state index is 9.61. The van der Waals surface area contributed by atoms with Crippen molar-refractivity contribution in [3.8, 4) is 17.2 Å². The number of ether oxygens (including phenoxy) is 1. The van der Waals surface area contributed by atoms with E-state index in [2.05, 4.69) is 37.3 Å². The Morgan fingerprint density at radius 2 is 1.17 bits per heavy atom. The van der Waals surface area contributed by atoms with Crippen molar-refractivity contribution in [1.82, 2.24) is 0 Å². The van der Waals surface area contributed by atoms with Crippen LogP contribution < -0.4 is 4.74 Å². The zero-order valence-corrected chi connectivity index (χ0v) is 12.8. The molecule has 0 saturated carbocycles. The molecular formula is C21H16O2. The van der Waals surface area contributed by atoms with Crippen LogP contribution in [0.2, 0.25) is 0 Å². The molecular weight excluding hydrogens is 284 g/mol. The van der Waals surface area contributed by atoms with Crippen LogP contribution in [0.5, 0.6) is 17.2 Å². The van der Waals surface area contributed by atoms with Crippen molar-refractivity contribution in [2.45, 2.75) is 6.92 Å². The molecule has 0 saturated heterocycles. The molecule has 4 rings (SSSR count). The second kappa shape index (κ2) is 5.33. The van der Waals surface area contributed by atoms with Crippen LogP contribution in [0.4, 0.5) is 0 Å². The van der Waals surface area contributed by atoms with Crippen LogP contribution in [-0.2, 0) is 0 Å². The van der Waals surface area contributed by atoms with Gasteiger partial charge in [-0.1, -0.05) is 42.0 Å². The van der Waals surface area contributed by atoms with Gasteiger partial charge < -0.3 is 9.84 Å². The molecule has 0 aliphatic carbocycles. The molecule has 2 heteroatoms. The Balaban J connectivity index is 1.72. The molecule has 2 nitrogen and oxygen atoms in total. The molecule has 0 spiro atoms. The van der Waals surface area contributed by atoms with Crippen LogP contribution >= 0.6 is 0 Å². The lowest BCUT2D eigenvalue weighted by atomic mass is 10.1. The van der Waals surface area contributed by atoms with E-state index in [9.17, 15) is 5.11 Å². The molecule has 0 amide bonds. The summed E-state index contributed by atoms with van der Waals surface area (Å²) in [5.41, 5.74) is 1.23. The minimum atomic E-state index is 0.260. The summed E-state index contributed by atoms with van der Waals surface area (Å²) in [6, 6.07) is 23.7. The Labute approximate surface area is 134 Å². The summed E-state index contributed by atoms with van der Waals surface area (Å²) in [6.45, 7) is 2.09. The van der Waals surface area contributed by atoms with E-state index in [1.807, 2.05) is 30.3 Å². The van der Waals surface area contributed by atoms with Crippen molar-refractivity contribution in [2.75, 3.05) is 0 Å². The third kappa shape index (κ3) is 2.71. The topological polar surface area (TPSA) is 29.5 Å². The molecule has 0 heterocycles. The van der Waals surface area contributed by atoms with Gasteiger partial charge in [0.15, 0.2) is 0 Å². The fourth-order valence-corrected chi connectivity index (χ4v) is 2.82. The van der Waals surface area contributed by atoms with E-state index in [1.54, 1.807) is 12.1 Å². The molecule has 112 valence electrons. The fraction of sp³-hybridized carbons (Fsp3) is 0.0476. The Morgan fingerprint density at radius 3 is 1.87 bits per heavy atom. The maximum Gasteiger partial charge on any atom is 0.128 e. The Hall–Kier alpha value is -3.00. The lowest BCUT2D eigenvalue weighted by Gasteiger charge is -2.09. The number of rotatable bonds is 2. The number of hydrogen-bond acceptors (Lipinski definition) is 2. The normalized spacial score (nSPS) is 11.0. The highest BCUT2D eigenvalue weighted by atomic mass is 16.5. The van der Waals surface area contributed by atoms with E-state index >= 15 is 0 Å². The van der Waals surface area contributed by atoms with Gasteiger partial charge >= 0.3 is 0 Å². The van der Waals surface area contributed by atoms with E-state index in [0.29, 0.717) is 0 Å². The van der Waals surface area contributed by atoms with Gasteiger partial charge in [0.25, 0.3) is 0 Å². The first kappa shape index (κ1) is 13.6. The molecule has 23 heavy (non-hydrogen) atoms. The third-order valence-electron chi connectivity index (χ3n) is 4.00. The fourth-order valence-electron chi connectivity index (χ4n) is 2.82. The smallest absolute Gasteiger partial charge is 0.128 e. The minimum Gasteiger partial charge on any atom is -0.508 e. The molecule has 0 aliphatic rings. The number of hydrogen-bond donors (Lipinski definition) is 1. The van der Waals surface area contributed by atoms with Gasteiger partial charge in [-0.2, -0.15) is 0 Å². The Morgan fingerprint density at radius 1 is 0.609 bits per heavy atom. The van der Waals surface area contributed by atoms with E-state index in [1.165, 1.54) is 16.3 Å². The van der Waals surface area contributed by atoms with Crippen molar-refractivity contribution in [3.63, 3.8) is 0 Å². The number of benzene rings is 4. The van der Waals surface area contributed by atoms with Crippen LogP contribution in [0.1, 0.15) is 5.56 Å². The molecule has 0 radical (unpaired) electrons. The molecule has 4 aromatic carbocycles. The first-order valence-corrected chi connectivity index (χ1v) is 7.58. The molecule has 1 N–H and O–H groups in total. The highest BCUT2D eigenvalue weighted by Gasteiger charge is 2.02. The van der Waals surface area contributed by atoms with E-state index < -0.39 is 0 Å². The van der Waals surface area contributed by atoms with Gasteiger partial charge in [0.2, 0.25) is 0 Å². The summed E-state index contributed by atoms with van der Waals surface area (Å²) < 4.78 is 5.99. The van der Waals surface area contributed by atoms with E-state index in [0.717, 1.165) is 22.3 Å². The molecule has 0 atom stereocenters. The minimum absolute atomic E-state index is 0.260. The number of aryl methyl sites for hydroxylation is 1.